The van der Waals surface area contributed by atoms with Crippen LogP contribution in [0.4, 0.5) is 0 Å². The Kier molecular flexibility index (Phi) is 3.00. The van der Waals surface area contributed by atoms with E-state index in [-0.39, 0.29) is 11.1 Å². The molecule has 0 radical (unpaired) electrons. The molecule has 0 bridgehead atoms. The van der Waals surface area contributed by atoms with Gasteiger partial charge in [-0.2, -0.15) is 0 Å². The number of nitrogens with zero attached hydrogens (tertiary/aromatic N) is 1. The predicted octanol–water partition coefficient (Wildman–Crippen LogP) is 1.55. The third-order valence-electron chi connectivity index (χ3n) is 3.51. The molecular weight excluding hydrogens is 290 g/mol. The minimum absolute atomic E-state index is 0.0325. The highest BCUT2D eigenvalue weighted by atomic mass is 16.6. The number of hydrogen-bond acceptors (Lipinski definition) is 6. The first-order valence-corrected chi connectivity index (χ1v) is 6.26. The zero-order valence-corrected chi connectivity index (χ0v) is 11.1. The number of hydrogen-bond donors (Lipinski definition) is 1. The first-order chi connectivity index (χ1) is 10.5. The summed E-state index contributed by atoms with van der Waals surface area (Å²) in [6.07, 6.45) is 3.53. The van der Waals surface area contributed by atoms with Gasteiger partial charge in [-0.25, -0.2) is 0 Å². The molecule has 110 valence electrons. The van der Waals surface area contributed by atoms with E-state index < -0.39 is 27.8 Å². The number of nitro groups is 1. The normalized spacial score (nSPS) is 21.0. The van der Waals surface area contributed by atoms with Crippen molar-refractivity contribution in [3.63, 3.8) is 0 Å². The van der Waals surface area contributed by atoms with Crippen LogP contribution in [0.25, 0.3) is 6.08 Å². The lowest BCUT2D eigenvalue weighted by molar-refractivity contribution is -0.440. The Bertz CT molecular complexity index is 820. The largest absolute Gasteiger partial charge is 0.472 e. The number of aliphatic hydroxyl groups is 1. The van der Waals surface area contributed by atoms with Crippen LogP contribution >= 0.6 is 0 Å². The maximum absolute atomic E-state index is 12.2. The van der Waals surface area contributed by atoms with Gasteiger partial charge in [-0.1, -0.05) is 24.3 Å². The fourth-order valence-corrected chi connectivity index (χ4v) is 2.46. The van der Waals surface area contributed by atoms with Crippen molar-refractivity contribution in [1.82, 2.24) is 0 Å². The zero-order valence-electron chi connectivity index (χ0n) is 11.1. The lowest BCUT2D eigenvalue weighted by Gasteiger charge is -2.18. The Morgan fingerprint density at radius 3 is 2.64 bits per heavy atom. The Labute approximate surface area is 123 Å². The van der Waals surface area contributed by atoms with Gasteiger partial charge >= 0.3 is 0 Å². The Morgan fingerprint density at radius 1 is 1.27 bits per heavy atom. The standard InChI is InChI=1S/C15H9NO6/c17-13-10-3-1-2-4-11(10)15(19,14(13)18)12(16(20)21)7-9-5-6-22-8-9/h1-8,19H/b12-7+. The molecule has 0 spiro atoms. The summed E-state index contributed by atoms with van der Waals surface area (Å²) in [5, 5.41) is 22.1. The van der Waals surface area contributed by atoms with E-state index in [0.29, 0.717) is 5.56 Å². The van der Waals surface area contributed by atoms with E-state index in [2.05, 4.69) is 0 Å². The fraction of sp³-hybridized carbons (Fsp3) is 0.0667. The molecule has 0 aliphatic heterocycles. The predicted molar refractivity (Wildman–Crippen MR) is 73.4 cm³/mol. The van der Waals surface area contributed by atoms with Crippen molar-refractivity contribution in [1.29, 1.82) is 0 Å². The van der Waals surface area contributed by atoms with E-state index in [4.69, 9.17) is 4.42 Å². The summed E-state index contributed by atoms with van der Waals surface area (Å²) in [4.78, 5) is 34.6. The molecule has 2 aromatic rings. The van der Waals surface area contributed by atoms with E-state index in [0.717, 1.165) is 6.08 Å². The summed E-state index contributed by atoms with van der Waals surface area (Å²) < 4.78 is 4.81. The highest BCUT2D eigenvalue weighted by Gasteiger charge is 2.58. The average molecular weight is 299 g/mol. The quantitative estimate of drug-likeness (QED) is 0.523. The second kappa shape index (κ2) is 4.74. The summed E-state index contributed by atoms with van der Waals surface area (Å²) in [7, 11) is 0. The molecule has 1 aliphatic carbocycles. The Morgan fingerprint density at radius 2 is 2.00 bits per heavy atom. The lowest BCUT2D eigenvalue weighted by atomic mass is 9.90. The minimum Gasteiger partial charge on any atom is -0.472 e. The van der Waals surface area contributed by atoms with Gasteiger partial charge in [-0.3, -0.25) is 19.7 Å². The van der Waals surface area contributed by atoms with Crippen LogP contribution in [0.5, 0.6) is 0 Å². The summed E-state index contributed by atoms with van der Waals surface area (Å²) in [5.41, 5.74) is -3.22. The summed E-state index contributed by atoms with van der Waals surface area (Å²) >= 11 is 0. The number of rotatable bonds is 3. The molecule has 0 amide bonds. The average Bonchev–Trinajstić information content (AvgIpc) is 3.08. The molecule has 7 heteroatoms. The van der Waals surface area contributed by atoms with Crippen LogP contribution in [-0.4, -0.2) is 21.6 Å². The molecule has 1 atom stereocenters. The highest BCUT2D eigenvalue weighted by Crippen LogP contribution is 2.40. The molecule has 0 fully saturated rings. The number of benzene rings is 1. The smallest absolute Gasteiger partial charge is 0.291 e. The molecule has 22 heavy (non-hydrogen) atoms. The van der Waals surface area contributed by atoms with Crippen LogP contribution in [-0.2, 0) is 10.4 Å². The van der Waals surface area contributed by atoms with Crippen LogP contribution in [0.15, 0.2) is 53.0 Å². The molecule has 1 heterocycles. The highest BCUT2D eigenvalue weighted by molar-refractivity contribution is 6.50. The van der Waals surface area contributed by atoms with Gasteiger partial charge in [0.1, 0.15) is 0 Å². The number of carbonyl (C=O) groups is 2. The number of fused-ring (bicyclic) bond motifs is 1. The molecule has 7 nitrogen and oxygen atoms in total. The zero-order chi connectivity index (χ0) is 15.9. The van der Waals surface area contributed by atoms with E-state index >= 15 is 0 Å². The number of furan rings is 1. The number of ketones is 2. The van der Waals surface area contributed by atoms with Crippen molar-refractivity contribution in [2.75, 3.05) is 0 Å². The molecule has 3 rings (SSSR count). The van der Waals surface area contributed by atoms with Crippen molar-refractivity contribution in [3.8, 4) is 0 Å². The SMILES string of the molecule is O=C1C(=O)C(O)(/C(=C\c2ccoc2)[N+](=O)[O-])c2ccccc21. The third kappa shape index (κ3) is 1.80. The summed E-state index contributed by atoms with van der Waals surface area (Å²) in [5.74, 6) is -2.18. The van der Waals surface area contributed by atoms with Crippen molar-refractivity contribution >= 4 is 17.6 Å². The van der Waals surface area contributed by atoms with Gasteiger partial charge in [-0.05, 0) is 6.07 Å². The molecule has 0 saturated heterocycles. The van der Waals surface area contributed by atoms with E-state index in [1.165, 1.54) is 42.9 Å². The fourth-order valence-electron chi connectivity index (χ4n) is 2.46. The summed E-state index contributed by atoms with van der Waals surface area (Å²) in [6.45, 7) is 0. The molecule has 0 saturated carbocycles. The monoisotopic (exact) mass is 299 g/mol. The van der Waals surface area contributed by atoms with E-state index in [1.54, 1.807) is 0 Å². The van der Waals surface area contributed by atoms with Crippen LogP contribution < -0.4 is 0 Å². The topological polar surface area (TPSA) is 111 Å². The van der Waals surface area contributed by atoms with Crippen LogP contribution in [0, 0.1) is 10.1 Å². The van der Waals surface area contributed by atoms with Gasteiger partial charge in [0.2, 0.25) is 11.4 Å². The van der Waals surface area contributed by atoms with Crippen molar-refractivity contribution in [2.45, 2.75) is 5.60 Å². The molecular formula is C15H9NO6. The van der Waals surface area contributed by atoms with Crippen LogP contribution in [0.3, 0.4) is 0 Å². The number of carbonyl (C=O) groups excluding carboxylic acids is 2. The van der Waals surface area contributed by atoms with Crippen molar-refractivity contribution < 1.29 is 24.0 Å². The maximum Gasteiger partial charge on any atom is 0.291 e. The molecule has 1 N–H and O–H groups in total. The Hall–Kier alpha value is -3.06. The lowest BCUT2D eigenvalue weighted by Crippen LogP contribution is -2.38. The van der Waals surface area contributed by atoms with Crippen molar-refractivity contribution in [3.05, 3.63) is 75.4 Å². The first-order valence-electron chi connectivity index (χ1n) is 6.26. The second-order valence-electron chi connectivity index (χ2n) is 4.76. The molecule has 1 aliphatic rings. The second-order valence-corrected chi connectivity index (χ2v) is 4.76. The van der Waals surface area contributed by atoms with Gasteiger partial charge in [0.15, 0.2) is 0 Å². The molecule has 1 unspecified atom stereocenters. The van der Waals surface area contributed by atoms with E-state index in [1.807, 2.05) is 0 Å². The van der Waals surface area contributed by atoms with Gasteiger partial charge in [0.05, 0.1) is 17.4 Å². The van der Waals surface area contributed by atoms with Crippen molar-refractivity contribution in [2.24, 2.45) is 0 Å². The van der Waals surface area contributed by atoms with Crippen LogP contribution in [0.2, 0.25) is 0 Å². The number of Topliss-reactive ketones (excluding diaryl/α,β-unsaturated/α-hetero) is 2. The molecule has 1 aromatic carbocycles. The first kappa shape index (κ1) is 13.9. The third-order valence-corrected chi connectivity index (χ3v) is 3.51. The van der Waals surface area contributed by atoms with Gasteiger partial charge in [-0.15, -0.1) is 0 Å². The van der Waals surface area contributed by atoms with Gasteiger partial charge in [0, 0.05) is 22.8 Å². The Balaban J connectivity index is 2.26. The minimum atomic E-state index is -2.60. The summed E-state index contributed by atoms with van der Waals surface area (Å²) in [6, 6.07) is 7.11. The maximum atomic E-state index is 12.2. The molecule has 1 aromatic heterocycles. The van der Waals surface area contributed by atoms with Crippen LogP contribution in [0.1, 0.15) is 21.5 Å². The van der Waals surface area contributed by atoms with Gasteiger partial charge < -0.3 is 9.52 Å². The van der Waals surface area contributed by atoms with E-state index in [9.17, 15) is 24.8 Å². The van der Waals surface area contributed by atoms with Gasteiger partial charge in [0.25, 0.3) is 11.5 Å².